The van der Waals surface area contributed by atoms with Crippen molar-refractivity contribution in [3.63, 3.8) is 0 Å². The summed E-state index contributed by atoms with van der Waals surface area (Å²) >= 11 is 0. The topological polar surface area (TPSA) is 81.3 Å². The fourth-order valence-corrected chi connectivity index (χ4v) is 2.82. The van der Waals surface area contributed by atoms with E-state index in [0.29, 0.717) is 16.5 Å². The molecule has 0 radical (unpaired) electrons. The van der Waals surface area contributed by atoms with E-state index in [1.807, 2.05) is 32.0 Å². The summed E-state index contributed by atoms with van der Waals surface area (Å²) in [5, 5.41) is 7.54. The van der Waals surface area contributed by atoms with Gasteiger partial charge >= 0.3 is 5.97 Å². The highest BCUT2D eigenvalue weighted by Gasteiger charge is 2.12. The van der Waals surface area contributed by atoms with Crippen molar-refractivity contribution in [3.05, 3.63) is 69.6 Å². The van der Waals surface area contributed by atoms with Crippen LogP contribution in [0.15, 0.2) is 47.3 Å². The molecule has 1 heterocycles. The van der Waals surface area contributed by atoms with E-state index < -0.39 is 5.97 Å². The number of aryl methyl sites for hydroxylation is 2. The zero-order valence-corrected chi connectivity index (χ0v) is 14.7. The van der Waals surface area contributed by atoms with Gasteiger partial charge in [-0.25, -0.2) is 5.10 Å². The molecule has 0 unspecified atom stereocenters. The van der Waals surface area contributed by atoms with Gasteiger partial charge in [0.15, 0.2) is 0 Å². The van der Waals surface area contributed by atoms with Gasteiger partial charge in [-0.2, -0.15) is 5.10 Å². The Morgan fingerprint density at radius 2 is 1.69 bits per heavy atom. The van der Waals surface area contributed by atoms with Crippen LogP contribution >= 0.6 is 0 Å². The van der Waals surface area contributed by atoms with E-state index >= 15 is 0 Å². The maximum absolute atomic E-state index is 12.1. The number of H-pyrrole nitrogens is 1. The predicted molar refractivity (Wildman–Crippen MR) is 98.4 cm³/mol. The maximum atomic E-state index is 12.1. The number of nitrogens with one attached hydrogen (secondary N) is 1. The molecule has 0 saturated heterocycles. The first kappa shape index (κ1) is 17.7. The van der Waals surface area contributed by atoms with Crippen molar-refractivity contribution in [2.45, 2.75) is 20.3 Å². The van der Waals surface area contributed by atoms with Crippen molar-refractivity contribution in [1.29, 1.82) is 0 Å². The van der Waals surface area contributed by atoms with Gasteiger partial charge < -0.3 is 9.47 Å². The summed E-state index contributed by atoms with van der Waals surface area (Å²) in [6.07, 6.45) is -0.0132. The summed E-state index contributed by atoms with van der Waals surface area (Å²) in [4.78, 5) is 23.8. The highest BCUT2D eigenvalue weighted by atomic mass is 16.6. The number of nitrogens with zero attached hydrogens (tertiary/aromatic N) is 1. The molecule has 26 heavy (non-hydrogen) atoms. The van der Waals surface area contributed by atoms with Gasteiger partial charge in [0.05, 0.1) is 17.5 Å². The van der Waals surface area contributed by atoms with E-state index in [4.69, 9.17) is 9.47 Å². The second-order valence-corrected chi connectivity index (χ2v) is 6.01. The molecule has 1 aromatic heterocycles. The van der Waals surface area contributed by atoms with Gasteiger partial charge in [-0.15, -0.1) is 0 Å². The van der Waals surface area contributed by atoms with E-state index in [2.05, 4.69) is 10.2 Å². The Morgan fingerprint density at radius 3 is 2.42 bits per heavy atom. The number of para-hydroxylation sites is 1. The molecule has 0 aliphatic carbocycles. The molecule has 0 fully saturated rings. The second kappa shape index (κ2) is 7.82. The summed E-state index contributed by atoms with van der Waals surface area (Å²) in [6.45, 7) is 4.37. The van der Waals surface area contributed by atoms with Gasteiger partial charge in [0, 0.05) is 5.39 Å². The molecule has 134 valence electrons. The number of hydrogen-bond donors (Lipinski definition) is 1. The van der Waals surface area contributed by atoms with Crippen molar-refractivity contribution in [1.82, 2.24) is 10.2 Å². The lowest BCUT2D eigenvalue weighted by Gasteiger charge is -2.12. The summed E-state index contributed by atoms with van der Waals surface area (Å²) < 4.78 is 10.9. The van der Waals surface area contributed by atoms with Crippen molar-refractivity contribution in [3.8, 4) is 5.75 Å². The van der Waals surface area contributed by atoms with Crippen LogP contribution in [0.4, 0.5) is 0 Å². The van der Waals surface area contributed by atoms with Crippen LogP contribution in [0.25, 0.3) is 10.8 Å². The minimum atomic E-state index is -0.417. The van der Waals surface area contributed by atoms with Gasteiger partial charge in [0.2, 0.25) is 0 Å². The Balaban J connectivity index is 1.57. The SMILES string of the molecule is Cc1cccc(C)c1OCCOC(=O)Cc1n[nH]c(=O)c2ccccc12. The third kappa shape index (κ3) is 3.91. The van der Waals surface area contributed by atoms with Crippen LogP contribution in [0, 0.1) is 13.8 Å². The molecule has 2 aromatic carbocycles. The average molecular weight is 352 g/mol. The van der Waals surface area contributed by atoms with Gasteiger partial charge in [0.25, 0.3) is 5.56 Å². The Kier molecular flexibility index (Phi) is 5.31. The molecule has 0 spiro atoms. The minimum Gasteiger partial charge on any atom is -0.489 e. The number of esters is 1. The summed E-state index contributed by atoms with van der Waals surface area (Å²) in [5.41, 5.74) is 2.29. The van der Waals surface area contributed by atoms with Gasteiger partial charge in [0.1, 0.15) is 19.0 Å². The maximum Gasteiger partial charge on any atom is 0.312 e. The number of aromatic nitrogens is 2. The van der Waals surface area contributed by atoms with Gasteiger partial charge in [-0.3, -0.25) is 9.59 Å². The molecular weight excluding hydrogens is 332 g/mol. The zero-order chi connectivity index (χ0) is 18.5. The van der Waals surface area contributed by atoms with Crippen LogP contribution in [0.2, 0.25) is 0 Å². The Labute approximate surface area is 150 Å². The second-order valence-electron chi connectivity index (χ2n) is 6.01. The standard InChI is InChI=1S/C20H20N2O4/c1-13-6-5-7-14(2)19(13)26-11-10-25-18(23)12-17-15-8-3-4-9-16(15)20(24)22-21-17/h3-9H,10-12H2,1-2H3,(H,22,24). The molecule has 3 aromatic rings. The molecule has 0 aliphatic rings. The van der Waals surface area contributed by atoms with Crippen LogP contribution in [0.5, 0.6) is 5.75 Å². The summed E-state index contributed by atoms with van der Waals surface area (Å²) in [6, 6.07) is 13.0. The molecular formula is C20H20N2O4. The number of hydrogen-bond acceptors (Lipinski definition) is 5. The molecule has 6 nitrogen and oxygen atoms in total. The fourth-order valence-electron chi connectivity index (χ4n) is 2.82. The number of aromatic amines is 1. The van der Waals surface area contributed by atoms with Crippen LogP contribution in [0.3, 0.4) is 0 Å². The number of carbonyl (C=O) groups is 1. The van der Waals surface area contributed by atoms with E-state index in [-0.39, 0.29) is 25.2 Å². The summed E-state index contributed by atoms with van der Waals surface area (Å²) in [7, 11) is 0. The highest BCUT2D eigenvalue weighted by molar-refractivity contribution is 5.86. The molecule has 0 saturated carbocycles. The quantitative estimate of drug-likeness (QED) is 0.545. The van der Waals surface area contributed by atoms with E-state index in [1.54, 1.807) is 24.3 Å². The van der Waals surface area contributed by atoms with E-state index in [9.17, 15) is 9.59 Å². The number of carbonyl (C=O) groups excluding carboxylic acids is 1. The lowest BCUT2D eigenvalue weighted by Crippen LogP contribution is -2.17. The molecule has 0 atom stereocenters. The highest BCUT2D eigenvalue weighted by Crippen LogP contribution is 2.22. The van der Waals surface area contributed by atoms with Crippen molar-refractivity contribution >= 4 is 16.7 Å². The molecule has 6 heteroatoms. The first-order valence-corrected chi connectivity index (χ1v) is 8.37. The normalized spacial score (nSPS) is 10.7. The first-order chi connectivity index (χ1) is 12.6. The van der Waals surface area contributed by atoms with Crippen LogP contribution < -0.4 is 10.3 Å². The van der Waals surface area contributed by atoms with Crippen LogP contribution in [-0.2, 0) is 16.0 Å². The molecule has 3 rings (SSSR count). The summed E-state index contributed by atoms with van der Waals surface area (Å²) in [5.74, 6) is 0.400. The van der Waals surface area contributed by atoms with Crippen molar-refractivity contribution in [2.24, 2.45) is 0 Å². The molecule has 0 amide bonds. The first-order valence-electron chi connectivity index (χ1n) is 8.37. The third-order valence-electron chi connectivity index (χ3n) is 4.09. The fraction of sp³-hybridized carbons (Fsp3) is 0.250. The number of benzene rings is 2. The minimum absolute atomic E-state index is 0.0132. The lowest BCUT2D eigenvalue weighted by molar-refractivity contribution is -0.143. The van der Waals surface area contributed by atoms with Crippen molar-refractivity contribution in [2.75, 3.05) is 13.2 Å². The van der Waals surface area contributed by atoms with E-state index in [1.165, 1.54) is 0 Å². The molecule has 0 bridgehead atoms. The number of fused-ring (bicyclic) bond motifs is 1. The van der Waals surface area contributed by atoms with Crippen molar-refractivity contribution < 1.29 is 14.3 Å². The monoisotopic (exact) mass is 352 g/mol. The smallest absolute Gasteiger partial charge is 0.312 e. The Morgan fingerprint density at radius 1 is 1.00 bits per heavy atom. The lowest BCUT2D eigenvalue weighted by atomic mass is 10.1. The zero-order valence-electron chi connectivity index (χ0n) is 14.7. The van der Waals surface area contributed by atoms with Gasteiger partial charge in [-0.05, 0) is 31.0 Å². The number of rotatable bonds is 6. The van der Waals surface area contributed by atoms with Gasteiger partial charge in [-0.1, -0.05) is 36.4 Å². The third-order valence-corrected chi connectivity index (χ3v) is 4.09. The van der Waals surface area contributed by atoms with Crippen LogP contribution in [-0.4, -0.2) is 29.4 Å². The van der Waals surface area contributed by atoms with Crippen LogP contribution in [0.1, 0.15) is 16.8 Å². The van der Waals surface area contributed by atoms with E-state index in [0.717, 1.165) is 16.9 Å². The molecule has 1 N–H and O–H groups in total. The molecule has 0 aliphatic heterocycles. The number of ether oxygens (including phenoxy) is 2. The largest absolute Gasteiger partial charge is 0.489 e. The predicted octanol–water partition coefficient (Wildman–Crippen LogP) is 2.70. The Hall–Kier alpha value is -3.15. The Bertz CT molecular complexity index is 974. The average Bonchev–Trinajstić information content (AvgIpc) is 2.63.